The number of nitrogens with two attached hydrogens (primary N) is 1. The summed E-state index contributed by atoms with van der Waals surface area (Å²) >= 11 is 0. The molecule has 0 saturated heterocycles. The van der Waals surface area contributed by atoms with Crippen LogP contribution in [-0.2, 0) is 13.2 Å². The first kappa shape index (κ1) is 14.1. The molecule has 0 aliphatic heterocycles. The Morgan fingerprint density at radius 2 is 2.00 bits per heavy atom. The summed E-state index contributed by atoms with van der Waals surface area (Å²) < 4.78 is 44.6. The molecule has 7 nitrogen and oxygen atoms in total. The third-order valence-corrected chi connectivity index (χ3v) is 2.27. The highest BCUT2D eigenvalue weighted by Gasteiger charge is 2.35. The fourth-order valence-electron chi connectivity index (χ4n) is 1.47. The van der Waals surface area contributed by atoms with Gasteiger partial charge in [0.15, 0.2) is 0 Å². The van der Waals surface area contributed by atoms with E-state index in [1.165, 1.54) is 4.68 Å². The predicted octanol–water partition coefficient (Wildman–Crippen LogP) is 1.62. The van der Waals surface area contributed by atoms with Gasteiger partial charge in [0.05, 0.1) is 5.69 Å². The number of hydrogen-bond acceptors (Lipinski definition) is 6. The molecule has 20 heavy (non-hydrogen) atoms. The molecule has 2 aromatic heterocycles. The lowest BCUT2D eigenvalue weighted by atomic mass is 10.5. The number of nitrogens with zero attached hydrogens (tertiary/aromatic N) is 4. The first-order valence-corrected chi connectivity index (χ1v) is 5.41. The van der Waals surface area contributed by atoms with Gasteiger partial charge in [0, 0.05) is 19.2 Å². The third kappa shape index (κ3) is 2.96. The quantitative estimate of drug-likeness (QED) is 0.658. The molecular formula is C10H11F3N6O. The lowest BCUT2D eigenvalue weighted by Crippen LogP contribution is -2.16. The SMILES string of the molecule is Cc1cc(Oc2cc(NN)nc(C(F)(F)F)n2)n(C)n1. The van der Waals surface area contributed by atoms with Crippen LogP contribution in [0.3, 0.4) is 0 Å². The molecule has 0 fully saturated rings. The second kappa shape index (κ2) is 4.96. The van der Waals surface area contributed by atoms with E-state index in [9.17, 15) is 13.2 Å². The summed E-state index contributed by atoms with van der Waals surface area (Å²) in [4.78, 5) is 6.52. The van der Waals surface area contributed by atoms with Crippen LogP contribution in [0, 0.1) is 6.92 Å². The molecule has 2 aromatic rings. The molecule has 108 valence electrons. The molecule has 2 rings (SSSR count). The number of nitrogens with one attached hydrogen (secondary N) is 1. The number of rotatable bonds is 3. The maximum absolute atomic E-state index is 12.6. The van der Waals surface area contributed by atoms with Gasteiger partial charge in [-0.05, 0) is 6.92 Å². The Morgan fingerprint density at radius 1 is 1.30 bits per heavy atom. The fraction of sp³-hybridized carbons (Fsp3) is 0.300. The molecular weight excluding hydrogens is 277 g/mol. The summed E-state index contributed by atoms with van der Waals surface area (Å²) in [5.41, 5.74) is 2.69. The molecule has 0 aromatic carbocycles. The second-order valence-electron chi connectivity index (χ2n) is 3.91. The van der Waals surface area contributed by atoms with Gasteiger partial charge in [-0.1, -0.05) is 0 Å². The fourth-order valence-corrected chi connectivity index (χ4v) is 1.47. The van der Waals surface area contributed by atoms with Crippen LogP contribution in [0.2, 0.25) is 0 Å². The molecule has 0 spiro atoms. The number of anilines is 1. The highest BCUT2D eigenvalue weighted by Crippen LogP contribution is 2.30. The van der Waals surface area contributed by atoms with E-state index in [1.807, 2.05) is 5.43 Å². The van der Waals surface area contributed by atoms with Crippen molar-refractivity contribution in [3.8, 4) is 11.8 Å². The van der Waals surface area contributed by atoms with E-state index in [1.54, 1.807) is 20.0 Å². The van der Waals surface area contributed by atoms with Crippen molar-refractivity contribution in [2.24, 2.45) is 12.9 Å². The van der Waals surface area contributed by atoms with E-state index in [0.717, 1.165) is 6.07 Å². The van der Waals surface area contributed by atoms with Crippen LogP contribution in [0.15, 0.2) is 12.1 Å². The Bertz CT molecular complexity index is 624. The number of alkyl halides is 3. The van der Waals surface area contributed by atoms with Gasteiger partial charge in [-0.15, -0.1) is 0 Å². The zero-order valence-corrected chi connectivity index (χ0v) is 10.6. The van der Waals surface area contributed by atoms with Gasteiger partial charge < -0.3 is 10.2 Å². The Hall–Kier alpha value is -2.36. The first-order chi connectivity index (χ1) is 9.29. The van der Waals surface area contributed by atoms with Crippen LogP contribution >= 0.6 is 0 Å². The highest BCUT2D eigenvalue weighted by molar-refractivity contribution is 5.38. The van der Waals surface area contributed by atoms with Crippen molar-refractivity contribution in [3.63, 3.8) is 0 Å². The van der Waals surface area contributed by atoms with Gasteiger partial charge in [0.25, 0.3) is 0 Å². The molecule has 10 heteroatoms. The van der Waals surface area contributed by atoms with Crippen molar-refractivity contribution in [2.75, 3.05) is 5.43 Å². The van der Waals surface area contributed by atoms with Crippen molar-refractivity contribution in [3.05, 3.63) is 23.7 Å². The molecule has 2 heterocycles. The Balaban J connectivity index is 2.38. The molecule has 0 radical (unpaired) electrons. The Labute approximate surface area is 111 Å². The lowest BCUT2D eigenvalue weighted by Gasteiger charge is -2.10. The highest BCUT2D eigenvalue weighted by atomic mass is 19.4. The minimum atomic E-state index is -4.70. The second-order valence-corrected chi connectivity index (χ2v) is 3.91. The van der Waals surface area contributed by atoms with Crippen LogP contribution in [0.25, 0.3) is 0 Å². The number of ether oxygens (including phenoxy) is 1. The average molecular weight is 288 g/mol. The van der Waals surface area contributed by atoms with Gasteiger partial charge in [-0.3, -0.25) is 0 Å². The van der Waals surface area contributed by atoms with Gasteiger partial charge in [-0.25, -0.2) is 15.5 Å². The van der Waals surface area contributed by atoms with E-state index in [-0.39, 0.29) is 17.6 Å². The van der Waals surface area contributed by atoms with Crippen LogP contribution in [-0.4, -0.2) is 19.7 Å². The van der Waals surface area contributed by atoms with Crippen molar-refractivity contribution < 1.29 is 17.9 Å². The van der Waals surface area contributed by atoms with Gasteiger partial charge >= 0.3 is 6.18 Å². The standard InChI is InChI=1S/C10H11F3N6O/c1-5-3-8(19(2)18-5)20-7-4-6(17-14)15-9(16-7)10(11,12)13/h3-4H,14H2,1-2H3,(H,15,16,17). The zero-order valence-electron chi connectivity index (χ0n) is 10.6. The monoisotopic (exact) mass is 288 g/mol. The lowest BCUT2D eigenvalue weighted by molar-refractivity contribution is -0.145. The third-order valence-electron chi connectivity index (χ3n) is 2.27. The van der Waals surface area contributed by atoms with E-state index >= 15 is 0 Å². The Kier molecular flexibility index (Phi) is 3.49. The number of hydrazine groups is 1. The summed E-state index contributed by atoms with van der Waals surface area (Å²) in [6.45, 7) is 1.72. The smallest absolute Gasteiger partial charge is 0.421 e. The molecule has 0 aliphatic rings. The predicted molar refractivity (Wildman–Crippen MR) is 62.9 cm³/mol. The van der Waals surface area contributed by atoms with Crippen LogP contribution in [0.5, 0.6) is 11.8 Å². The van der Waals surface area contributed by atoms with Gasteiger partial charge in [0.1, 0.15) is 5.82 Å². The van der Waals surface area contributed by atoms with E-state index in [4.69, 9.17) is 10.6 Å². The van der Waals surface area contributed by atoms with Crippen molar-refractivity contribution in [2.45, 2.75) is 13.1 Å². The summed E-state index contributed by atoms with van der Waals surface area (Å²) in [5, 5.41) is 4.01. The summed E-state index contributed by atoms with van der Waals surface area (Å²) in [6.07, 6.45) is -4.70. The van der Waals surface area contributed by atoms with E-state index in [2.05, 4.69) is 15.1 Å². The van der Waals surface area contributed by atoms with Gasteiger partial charge in [-0.2, -0.15) is 23.3 Å². The summed E-state index contributed by atoms with van der Waals surface area (Å²) in [7, 11) is 1.59. The number of aryl methyl sites for hydroxylation is 2. The summed E-state index contributed by atoms with van der Waals surface area (Å²) in [5.74, 6) is 3.48. The van der Waals surface area contributed by atoms with Gasteiger partial charge in [0.2, 0.25) is 17.6 Å². The van der Waals surface area contributed by atoms with Crippen LogP contribution < -0.4 is 16.0 Å². The minimum absolute atomic E-state index is 0.207. The van der Waals surface area contributed by atoms with E-state index in [0.29, 0.717) is 5.69 Å². The number of nitrogen functional groups attached to an aromatic ring is 1. The molecule has 3 N–H and O–H groups in total. The first-order valence-electron chi connectivity index (χ1n) is 5.41. The maximum atomic E-state index is 12.6. The molecule has 0 unspecified atom stereocenters. The minimum Gasteiger partial charge on any atom is -0.421 e. The number of hydrogen-bond donors (Lipinski definition) is 2. The van der Waals surface area contributed by atoms with Crippen molar-refractivity contribution in [1.29, 1.82) is 0 Å². The molecule has 0 amide bonds. The van der Waals surface area contributed by atoms with Crippen molar-refractivity contribution in [1.82, 2.24) is 19.7 Å². The summed E-state index contributed by atoms with van der Waals surface area (Å²) in [6, 6.07) is 2.71. The topological polar surface area (TPSA) is 90.9 Å². The maximum Gasteiger partial charge on any atom is 0.451 e. The average Bonchev–Trinajstić information content (AvgIpc) is 2.66. The Morgan fingerprint density at radius 3 is 2.50 bits per heavy atom. The molecule has 0 aliphatic carbocycles. The molecule has 0 bridgehead atoms. The zero-order chi connectivity index (χ0) is 14.9. The van der Waals surface area contributed by atoms with Crippen LogP contribution in [0.1, 0.15) is 11.5 Å². The number of aromatic nitrogens is 4. The van der Waals surface area contributed by atoms with Crippen molar-refractivity contribution >= 4 is 5.82 Å². The van der Waals surface area contributed by atoms with E-state index < -0.39 is 12.0 Å². The normalized spacial score (nSPS) is 11.5. The molecule has 0 saturated carbocycles. The van der Waals surface area contributed by atoms with Crippen LogP contribution in [0.4, 0.5) is 19.0 Å². The molecule has 0 atom stereocenters. The largest absolute Gasteiger partial charge is 0.451 e. The number of halogens is 3.